The molecule has 15 nitrogen and oxygen atoms in total. The number of nitrogens with two attached hydrogens (primary N) is 2. The van der Waals surface area contributed by atoms with Crippen LogP contribution in [0, 0.1) is 20.2 Å². The highest BCUT2D eigenvalue weighted by Gasteiger charge is 2.39. The van der Waals surface area contributed by atoms with Gasteiger partial charge in [-0.05, 0) is 48.5 Å². The van der Waals surface area contributed by atoms with Crippen LogP contribution in [0.5, 0.6) is 0 Å². The predicted octanol–water partition coefficient (Wildman–Crippen LogP) is 3.94. The van der Waals surface area contributed by atoms with Gasteiger partial charge in [0.05, 0.1) is 21.0 Å². The van der Waals surface area contributed by atoms with E-state index in [9.17, 15) is 39.4 Å². The lowest BCUT2D eigenvalue weighted by molar-refractivity contribution is -0.385. The molecule has 218 valence electrons. The summed E-state index contributed by atoms with van der Waals surface area (Å²) in [6.07, 6.45) is 0. The van der Waals surface area contributed by atoms with Crippen molar-refractivity contribution in [3.63, 3.8) is 0 Å². The number of benzene rings is 4. The van der Waals surface area contributed by atoms with E-state index in [4.69, 9.17) is 15.9 Å². The largest absolute Gasteiger partial charge is 0.416 e. The van der Waals surface area contributed by atoms with Crippen molar-refractivity contribution in [3.05, 3.63) is 125 Å². The second-order valence-electron chi connectivity index (χ2n) is 10.1. The molecular formula is C30H14N6O9. The number of nitrogen functional groups attached to an aromatic ring is 2. The van der Waals surface area contributed by atoms with Crippen LogP contribution in [-0.2, 0) is 0 Å². The number of hydrogen-bond donors (Lipinski definition) is 2. The lowest BCUT2D eigenvalue weighted by Crippen LogP contribution is -2.23. The van der Waals surface area contributed by atoms with Crippen molar-refractivity contribution >= 4 is 45.9 Å². The van der Waals surface area contributed by atoms with Gasteiger partial charge in [0.25, 0.3) is 11.4 Å². The Morgan fingerprint density at radius 2 is 0.911 bits per heavy atom. The Bertz CT molecular complexity index is 2130. The zero-order chi connectivity index (χ0) is 31.9. The molecule has 5 aromatic rings. The van der Waals surface area contributed by atoms with Crippen molar-refractivity contribution in [2.75, 3.05) is 11.5 Å². The molecule has 4 N–H and O–H groups in total. The molecule has 1 heterocycles. The Kier molecular flexibility index (Phi) is 5.57. The fraction of sp³-hybridized carbons (Fsp3) is 0. The standard InChI is InChI=1S/C30H14N6O9/c31-17-5-7-19(35(41)42)23-21(17)25(37)13-3-1-11(9-15(13)27(23)39)29-33-34-30(45-29)12-2-4-14-16(10-12)28(40)24-20(36(43)44)8-6-18(32)22(24)26(14)38/h1-10H,31-32H2. The molecule has 7 rings (SSSR count). The minimum atomic E-state index is -0.784. The van der Waals surface area contributed by atoms with E-state index < -0.39 is 55.5 Å². The Hall–Kier alpha value is -6.90. The van der Waals surface area contributed by atoms with Gasteiger partial charge in [0.1, 0.15) is 11.1 Å². The van der Waals surface area contributed by atoms with Crippen molar-refractivity contribution in [2.24, 2.45) is 0 Å². The fourth-order valence-electron chi connectivity index (χ4n) is 5.59. The Labute approximate surface area is 249 Å². The maximum Gasteiger partial charge on any atom is 0.281 e. The third kappa shape index (κ3) is 3.77. The normalized spacial score (nSPS) is 13.2. The number of aromatic nitrogens is 2. The number of nitrogens with zero attached hydrogens (tertiary/aromatic N) is 4. The van der Waals surface area contributed by atoms with Crippen LogP contribution in [0.1, 0.15) is 63.7 Å². The molecule has 4 aromatic carbocycles. The summed E-state index contributed by atoms with van der Waals surface area (Å²) in [7, 11) is 0. The predicted molar refractivity (Wildman–Crippen MR) is 154 cm³/mol. The Balaban J connectivity index is 1.27. The van der Waals surface area contributed by atoms with Crippen LogP contribution in [0.3, 0.4) is 0 Å². The minimum absolute atomic E-state index is 0.0175. The molecule has 0 fully saturated rings. The number of rotatable bonds is 4. The molecule has 0 bridgehead atoms. The van der Waals surface area contributed by atoms with Crippen LogP contribution < -0.4 is 11.5 Å². The van der Waals surface area contributed by atoms with Crippen molar-refractivity contribution in [2.45, 2.75) is 0 Å². The molecule has 0 unspecified atom stereocenters. The van der Waals surface area contributed by atoms with Gasteiger partial charge in [-0.2, -0.15) is 0 Å². The molecule has 0 saturated carbocycles. The van der Waals surface area contributed by atoms with E-state index in [1.54, 1.807) is 0 Å². The smallest absolute Gasteiger partial charge is 0.281 e. The molecule has 15 heteroatoms. The maximum absolute atomic E-state index is 13.4. The first-order valence-electron chi connectivity index (χ1n) is 12.9. The zero-order valence-corrected chi connectivity index (χ0v) is 22.4. The van der Waals surface area contributed by atoms with Gasteiger partial charge in [-0.1, -0.05) is 0 Å². The van der Waals surface area contributed by atoms with Crippen molar-refractivity contribution < 1.29 is 33.4 Å². The number of ketones is 4. The second kappa shape index (κ2) is 9.30. The molecule has 2 aliphatic rings. The number of fused-ring (bicyclic) bond motifs is 4. The van der Waals surface area contributed by atoms with Crippen molar-refractivity contribution in [1.29, 1.82) is 0 Å². The third-order valence-electron chi connectivity index (χ3n) is 7.67. The highest BCUT2D eigenvalue weighted by atomic mass is 16.6. The van der Waals surface area contributed by atoms with Gasteiger partial charge in [0.15, 0.2) is 11.6 Å². The summed E-state index contributed by atoms with van der Waals surface area (Å²) in [6, 6.07) is 12.6. The summed E-state index contributed by atoms with van der Waals surface area (Å²) < 4.78 is 5.79. The molecule has 0 amide bonds. The summed E-state index contributed by atoms with van der Waals surface area (Å²) in [5.41, 5.74) is 9.32. The van der Waals surface area contributed by atoms with Gasteiger partial charge in [-0.25, -0.2) is 0 Å². The van der Waals surface area contributed by atoms with Crippen LogP contribution in [0.4, 0.5) is 22.7 Å². The number of nitro benzene ring substituents is 2. The molecule has 0 aliphatic heterocycles. The van der Waals surface area contributed by atoms with Crippen LogP contribution in [0.25, 0.3) is 22.9 Å². The third-order valence-corrected chi connectivity index (χ3v) is 7.67. The molecule has 0 spiro atoms. The number of carbonyl (C=O) groups excluding carboxylic acids is 4. The number of carbonyl (C=O) groups is 4. The quantitative estimate of drug-likeness (QED) is 0.165. The molecule has 0 atom stereocenters. The number of nitro groups is 2. The van der Waals surface area contributed by atoms with E-state index in [0.29, 0.717) is 0 Å². The van der Waals surface area contributed by atoms with E-state index in [1.807, 2.05) is 0 Å². The summed E-state index contributed by atoms with van der Waals surface area (Å²) in [4.78, 5) is 74.9. The van der Waals surface area contributed by atoms with Gasteiger partial charge in [-0.15, -0.1) is 10.2 Å². The second-order valence-corrected chi connectivity index (χ2v) is 10.1. The van der Waals surface area contributed by atoms with Gasteiger partial charge in [-0.3, -0.25) is 39.4 Å². The molecule has 1 aromatic heterocycles. The molecular weight excluding hydrogens is 588 g/mol. The van der Waals surface area contributed by atoms with E-state index in [1.165, 1.54) is 48.5 Å². The maximum atomic E-state index is 13.4. The van der Waals surface area contributed by atoms with Gasteiger partial charge in [0, 0.05) is 56.9 Å². The number of hydrogen-bond acceptors (Lipinski definition) is 13. The lowest BCUT2D eigenvalue weighted by atomic mass is 9.81. The van der Waals surface area contributed by atoms with E-state index >= 15 is 0 Å². The van der Waals surface area contributed by atoms with Gasteiger partial charge in [0.2, 0.25) is 23.3 Å². The molecule has 0 saturated heterocycles. The fourth-order valence-corrected chi connectivity index (χ4v) is 5.59. The molecule has 0 radical (unpaired) electrons. The summed E-state index contributed by atoms with van der Waals surface area (Å²) in [5, 5.41) is 31.2. The Morgan fingerprint density at radius 3 is 1.29 bits per heavy atom. The monoisotopic (exact) mass is 602 g/mol. The van der Waals surface area contributed by atoms with Crippen molar-refractivity contribution in [3.8, 4) is 22.9 Å². The van der Waals surface area contributed by atoms with Crippen LogP contribution in [-0.4, -0.2) is 43.2 Å². The first-order chi connectivity index (χ1) is 21.5. The average molecular weight is 602 g/mol. The van der Waals surface area contributed by atoms with E-state index in [2.05, 4.69) is 10.2 Å². The van der Waals surface area contributed by atoms with Crippen molar-refractivity contribution in [1.82, 2.24) is 10.2 Å². The molecule has 45 heavy (non-hydrogen) atoms. The van der Waals surface area contributed by atoms with Gasteiger partial charge >= 0.3 is 0 Å². The first-order valence-corrected chi connectivity index (χ1v) is 12.9. The highest BCUT2D eigenvalue weighted by Crippen LogP contribution is 2.40. The zero-order valence-electron chi connectivity index (χ0n) is 22.4. The Morgan fingerprint density at radius 1 is 0.533 bits per heavy atom. The number of anilines is 2. The first kappa shape index (κ1) is 27.0. The summed E-state index contributed by atoms with van der Waals surface area (Å²) >= 11 is 0. The van der Waals surface area contributed by atoms with E-state index in [0.717, 1.165) is 12.1 Å². The molecule has 2 aliphatic carbocycles. The highest BCUT2D eigenvalue weighted by molar-refractivity contribution is 6.32. The van der Waals surface area contributed by atoms with Crippen LogP contribution >= 0.6 is 0 Å². The van der Waals surface area contributed by atoms with Crippen LogP contribution in [0.2, 0.25) is 0 Å². The topological polar surface area (TPSA) is 246 Å². The summed E-state index contributed by atoms with van der Waals surface area (Å²) in [6.45, 7) is 0. The van der Waals surface area contributed by atoms with Gasteiger partial charge < -0.3 is 15.9 Å². The summed E-state index contributed by atoms with van der Waals surface area (Å²) in [5.74, 6) is -3.09. The minimum Gasteiger partial charge on any atom is -0.416 e. The lowest BCUT2D eigenvalue weighted by Gasteiger charge is -2.19. The average Bonchev–Trinajstić information content (AvgIpc) is 3.52. The van der Waals surface area contributed by atoms with E-state index in [-0.39, 0.29) is 67.7 Å². The SMILES string of the molecule is Nc1ccc([N+](=O)[O-])c2c1C(=O)c1ccc(-c3nnc(-c4ccc5c(c4)C(=O)c4c([N+](=O)[O-])ccc(N)c4C5=O)o3)cc1C2=O. The van der Waals surface area contributed by atoms with Crippen LogP contribution in [0.15, 0.2) is 65.1 Å².